The predicted octanol–water partition coefficient (Wildman–Crippen LogP) is 0.674. The maximum absolute atomic E-state index is 13.1. The van der Waals surface area contributed by atoms with Gasteiger partial charge in [0.2, 0.25) is 10.0 Å². The second-order valence-corrected chi connectivity index (χ2v) is 9.26. The highest BCUT2D eigenvalue weighted by molar-refractivity contribution is 7.89. The molecule has 0 unspecified atom stereocenters. The molecule has 162 valence electrons. The first kappa shape index (κ1) is 22.1. The van der Waals surface area contributed by atoms with E-state index in [1.165, 1.54) is 51.5 Å². The van der Waals surface area contributed by atoms with Crippen LogP contribution in [0.2, 0.25) is 0 Å². The molecule has 30 heavy (non-hydrogen) atoms. The lowest BCUT2D eigenvalue weighted by atomic mass is 10.2. The van der Waals surface area contributed by atoms with Crippen molar-refractivity contribution in [1.82, 2.24) is 19.1 Å². The number of hydrogen-bond donors (Lipinski definition) is 1. The molecule has 0 radical (unpaired) electrons. The van der Waals surface area contributed by atoms with E-state index in [1.807, 2.05) is 0 Å². The van der Waals surface area contributed by atoms with Crippen LogP contribution < -0.4 is 10.9 Å². The lowest BCUT2D eigenvalue weighted by Crippen LogP contribution is -2.50. The minimum absolute atomic E-state index is 0.100. The molecule has 8 nitrogen and oxygen atoms in total. The van der Waals surface area contributed by atoms with Gasteiger partial charge < -0.3 is 5.32 Å². The molecular weight excluding hydrogens is 411 g/mol. The SMILES string of the molecule is CCS(=O)(=O)N1CCN(CCNC(=O)c2ccc(=O)n(-c3ccc(F)cc3)c2)CC1. The Bertz CT molecular complexity index is 1050. The van der Waals surface area contributed by atoms with Crippen LogP contribution in [0.4, 0.5) is 4.39 Å². The molecule has 3 rings (SSSR count). The zero-order chi connectivity index (χ0) is 21.7. The van der Waals surface area contributed by atoms with E-state index in [0.717, 1.165) is 0 Å². The molecule has 1 aliphatic heterocycles. The number of nitrogens with one attached hydrogen (secondary N) is 1. The number of carbonyl (C=O) groups excluding carboxylic acids is 1. The van der Waals surface area contributed by atoms with Crippen LogP contribution in [0.1, 0.15) is 17.3 Å². The van der Waals surface area contributed by atoms with Crippen molar-refractivity contribution < 1.29 is 17.6 Å². The fourth-order valence-electron chi connectivity index (χ4n) is 3.27. The molecule has 1 aromatic carbocycles. The summed E-state index contributed by atoms with van der Waals surface area (Å²) in [5.41, 5.74) is 0.465. The maximum atomic E-state index is 13.1. The number of nitrogens with zero attached hydrogens (tertiary/aromatic N) is 3. The van der Waals surface area contributed by atoms with E-state index in [4.69, 9.17) is 0 Å². The summed E-state index contributed by atoms with van der Waals surface area (Å²) >= 11 is 0. The van der Waals surface area contributed by atoms with Gasteiger partial charge in [-0.05, 0) is 37.3 Å². The topological polar surface area (TPSA) is 91.7 Å². The largest absolute Gasteiger partial charge is 0.351 e. The maximum Gasteiger partial charge on any atom is 0.255 e. The molecule has 1 aliphatic rings. The van der Waals surface area contributed by atoms with E-state index >= 15 is 0 Å². The van der Waals surface area contributed by atoms with Crippen LogP contribution in [0.5, 0.6) is 0 Å². The van der Waals surface area contributed by atoms with Crippen molar-refractivity contribution >= 4 is 15.9 Å². The van der Waals surface area contributed by atoms with Crippen LogP contribution in [-0.4, -0.2) is 73.1 Å². The fourth-order valence-corrected chi connectivity index (χ4v) is 4.35. The van der Waals surface area contributed by atoms with Crippen LogP contribution in [-0.2, 0) is 10.0 Å². The van der Waals surface area contributed by atoms with Gasteiger partial charge in [-0.25, -0.2) is 12.8 Å². The molecule has 1 N–H and O–H groups in total. The summed E-state index contributed by atoms with van der Waals surface area (Å²) in [6, 6.07) is 8.19. The number of amides is 1. The average molecular weight is 437 g/mol. The molecule has 1 amide bonds. The molecule has 0 atom stereocenters. The van der Waals surface area contributed by atoms with Crippen LogP contribution in [0.25, 0.3) is 5.69 Å². The summed E-state index contributed by atoms with van der Waals surface area (Å²) in [6.07, 6.45) is 1.43. The Labute approximate surface area is 175 Å². The van der Waals surface area contributed by atoms with E-state index in [0.29, 0.717) is 50.5 Å². The van der Waals surface area contributed by atoms with Gasteiger partial charge >= 0.3 is 0 Å². The zero-order valence-electron chi connectivity index (χ0n) is 16.8. The van der Waals surface area contributed by atoms with Crippen LogP contribution in [0.3, 0.4) is 0 Å². The van der Waals surface area contributed by atoms with Crippen molar-refractivity contribution in [2.75, 3.05) is 45.0 Å². The molecule has 2 aromatic rings. The molecule has 1 fully saturated rings. The summed E-state index contributed by atoms with van der Waals surface area (Å²) in [4.78, 5) is 26.7. The third kappa shape index (κ3) is 5.32. The number of piperazine rings is 1. The highest BCUT2D eigenvalue weighted by Gasteiger charge is 2.25. The second-order valence-electron chi connectivity index (χ2n) is 7.00. The molecular formula is C20H25FN4O4S. The lowest BCUT2D eigenvalue weighted by molar-refractivity contribution is 0.0944. The van der Waals surface area contributed by atoms with E-state index in [-0.39, 0.29) is 17.2 Å². The standard InChI is InChI=1S/C20H25FN4O4S/c1-2-30(28,29)24-13-11-23(12-14-24)10-9-22-20(27)16-3-8-19(26)25(15-16)18-6-4-17(21)5-7-18/h3-8,15H,2,9-14H2,1H3,(H,22,27). The molecule has 1 saturated heterocycles. The smallest absolute Gasteiger partial charge is 0.255 e. The van der Waals surface area contributed by atoms with Gasteiger partial charge in [-0.2, -0.15) is 4.31 Å². The number of sulfonamides is 1. The van der Waals surface area contributed by atoms with Crippen LogP contribution >= 0.6 is 0 Å². The van der Waals surface area contributed by atoms with Crippen LogP contribution in [0, 0.1) is 5.82 Å². The Morgan fingerprint density at radius 1 is 1.07 bits per heavy atom. The second kappa shape index (κ2) is 9.50. The summed E-state index contributed by atoms with van der Waals surface area (Å²) in [5, 5.41) is 2.82. The van der Waals surface area contributed by atoms with Crippen molar-refractivity contribution in [1.29, 1.82) is 0 Å². The van der Waals surface area contributed by atoms with Crippen molar-refractivity contribution in [2.45, 2.75) is 6.92 Å². The number of aromatic nitrogens is 1. The quantitative estimate of drug-likeness (QED) is 0.689. The third-order valence-electron chi connectivity index (χ3n) is 5.08. The number of carbonyl (C=O) groups is 1. The van der Waals surface area contributed by atoms with E-state index in [2.05, 4.69) is 10.2 Å². The number of hydrogen-bond acceptors (Lipinski definition) is 5. The molecule has 0 spiro atoms. The minimum atomic E-state index is -3.16. The highest BCUT2D eigenvalue weighted by Crippen LogP contribution is 2.09. The summed E-state index contributed by atoms with van der Waals surface area (Å²) in [7, 11) is -3.16. The number of halogens is 1. The Kier molecular flexibility index (Phi) is 7.01. The van der Waals surface area contributed by atoms with Gasteiger partial charge in [0.1, 0.15) is 5.82 Å². The first-order valence-electron chi connectivity index (χ1n) is 9.77. The monoisotopic (exact) mass is 436 g/mol. The van der Waals surface area contributed by atoms with Gasteiger partial charge in [0.25, 0.3) is 11.5 Å². The van der Waals surface area contributed by atoms with Crippen molar-refractivity contribution in [3.05, 3.63) is 64.3 Å². The zero-order valence-corrected chi connectivity index (χ0v) is 17.6. The van der Waals surface area contributed by atoms with Gasteiger partial charge in [0.05, 0.1) is 11.3 Å². The average Bonchev–Trinajstić information content (AvgIpc) is 2.75. The Morgan fingerprint density at radius 2 is 1.73 bits per heavy atom. The van der Waals surface area contributed by atoms with Gasteiger partial charge in [-0.15, -0.1) is 0 Å². The van der Waals surface area contributed by atoms with E-state index < -0.39 is 15.8 Å². The van der Waals surface area contributed by atoms with Crippen molar-refractivity contribution in [3.63, 3.8) is 0 Å². The van der Waals surface area contributed by atoms with Gasteiger partial charge in [0.15, 0.2) is 0 Å². The molecule has 10 heteroatoms. The van der Waals surface area contributed by atoms with Crippen molar-refractivity contribution in [2.24, 2.45) is 0 Å². The highest BCUT2D eigenvalue weighted by atomic mass is 32.2. The third-order valence-corrected chi connectivity index (χ3v) is 6.96. The molecule has 2 heterocycles. The molecule has 0 saturated carbocycles. The van der Waals surface area contributed by atoms with Crippen LogP contribution in [0.15, 0.2) is 47.4 Å². The number of rotatable bonds is 7. The Hall–Kier alpha value is -2.56. The Morgan fingerprint density at radius 3 is 2.37 bits per heavy atom. The molecule has 0 bridgehead atoms. The summed E-state index contributed by atoms with van der Waals surface area (Å²) < 4.78 is 39.7. The first-order valence-corrected chi connectivity index (χ1v) is 11.4. The van der Waals surface area contributed by atoms with E-state index in [9.17, 15) is 22.4 Å². The van der Waals surface area contributed by atoms with Gasteiger partial charge in [-0.1, -0.05) is 0 Å². The lowest BCUT2D eigenvalue weighted by Gasteiger charge is -2.33. The fraction of sp³-hybridized carbons (Fsp3) is 0.400. The summed E-state index contributed by atoms with van der Waals surface area (Å²) in [5.74, 6) is -0.629. The minimum Gasteiger partial charge on any atom is -0.351 e. The van der Waals surface area contributed by atoms with Gasteiger partial charge in [-0.3, -0.25) is 19.1 Å². The molecule has 0 aliphatic carbocycles. The molecule has 1 aromatic heterocycles. The number of benzene rings is 1. The van der Waals surface area contributed by atoms with Gasteiger partial charge in [0, 0.05) is 57.2 Å². The van der Waals surface area contributed by atoms with E-state index in [1.54, 1.807) is 6.92 Å². The first-order chi connectivity index (χ1) is 14.3. The number of pyridine rings is 1. The van der Waals surface area contributed by atoms with Crippen molar-refractivity contribution in [3.8, 4) is 5.69 Å². The predicted molar refractivity (Wildman–Crippen MR) is 112 cm³/mol. The normalized spacial score (nSPS) is 15.8. The Balaban J connectivity index is 1.54. The summed E-state index contributed by atoms with van der Waals surface area (Å²) in [6.45, 7) is 4.77.